The van der Waals surface area contributed by atoms with Crippen molar-refractivity contribution in [1.29, 1.82) is 0 Å². The van der Waals surface area contributed by atoms with Crippen molar-refractivity contribution in [2.24, 2.45) is 5.92 Å². The zero-order chi connectivity index (χ0) is 29.5. The van der Waals surface area contributed by atoms with E-state index in [0.717, 1.165) is 43.1 Å². The van der Waals surface area contributed by atoms with Gasteiger partial charge in [-0.1, -0.05) is 60.7 Å². The first kappa shape index (κ1) is 28.4. The molecule has 0 radical (unpaired) electrons. The molecule has 3 aliphatic heterocycles. The molecule has 3 saturated heterocycles. The highest BCUT2D eigenvalue weighted by Crippen LogP contribution is 2.44. The second-order valence-corrected chi connectivity index (χ2v) is 10.7. The van der Waals surface area contributed by atoms with Crippen LogP contribution in [0.15, 0.2) is 78.9 Å². The lowest BCUT2D eigenvalue weighted by atomic mass is 9.72. The number of nitrogens with zero attached hydrogens (tertiary/aromatic N) is 5. The summed E-state index contributed by atoms with van der Waals surface area (Å²) in [5.41, 5.74) is 0.732. The number of hydrogen-bond donors (Lipinski definition) is 0. The summed E-state index contributed by atoms with van der Waals surface area (Å²) < 4.78 is 88.7. The van der Waals surface area contributed by atoms with Crippen molar-refractivity contribution < 1.29 is 31.1 Å². The molecule has 3 fully saturated rings. The van der Waals surface area contributed by atoms with Gasteiger partial charge in [-0.05, 0) is 77.2 Å². The third kappa shape index (κ3) is 5.65. The second kappa shape index (κ2) is 11.1. The predicted octanol–water partition coefficient (Wildman–Crippen LogP) is 6.51. The lowest BCUT2D eigenvalue weighted by Gasteiger charge is -2.53. The molecule has 0 amide bonds. The Hall–Kier alpha value is -3.77. The molecular formula is C30H27F6N5O. The van der Waals surface area contributed by atoms with Crippen LogP contribution in [0.4, 0.5) is 26.3 Å². The van der Waals surface area contributed by atoms with Crippen molar-refractivity contribution in [3.8, 4) is 5.69 Å². The third-order valence-corrected chi connectivity index (χ3v) is 8.17. The van der Waals surface area contributed by atoms with Gasteiger partial charge in [-0.3, -0.25) is 4.90 Å². The largest absolute Gasteiger partial charge is 0.453 e. The van der Waals surface area contributed by atoms with Gasteiger partial charge >= 0.3 is 12.4 Å². The van der Waals surface area contributed by atoms with E-state index in [1.54, 1.807) is 0 Å². The number of halogens is 6. The Kier molecular flexibility index (Phi) is 7.52. The minimum atomic E-state index is -4.96. The molecule has 2 atom stereocenters. The summed E-state index contributed by atoms with van der Waals surface area (Å²) in [6.07, 6.45) is -8.28. The van der Waals surface area contributed by atoms with Crippen LogP contribution in [0.1, 0.15) is 46.8 Å². The molecule has 0 aliphatic carbocycles. The highest BCUT2D eigenvalue weighted by Gasteiger charge is 2.47. The standard InChI is InChI=1S/C30H27F6N5O/c31-29(32,33)23-15-19(16-24(17-23)41-28(30(34,35)36)37-38-39-41)18-42-27-22-11-13-40(14-12-22)26(27)25(20-7-3-1-4-8-20)21-9-5-2-6-10-21/h1-10,15-17,22,25-27H,11-14,18H2/t26-,27-/m0/s1. The van der Waals surface area contributed by atoms with E-state index in [1.807, 2.05) is 36.4 Å². The van der Waals surface area contributed by atoms with Crippen molar-refractivity contribution in [2.75, 3.05) is 13.1 Å². The van der Waals surface area contributed by atoms with Crippen molar-refractivity contribution in [3.63, 3.8) is 0 Å². The summed E-state index contributed by atoms with van der Waals surface area (Å²) in [6, 6.07) is 22.8. The summed E-state index contributed by atoms with van der Waals surface area (Å²) in [5, 5.41) is 9.34. The maximum atomic E-state index is 13.9. The van der Waals surface area contributed by atoms with Crippen LogP contribution < -0.4 is 0 Å². The van der Waals surface area contributed by atoms with Gasteiger partial charge in [0.15, 0.2) is 0 Å². The third-order valence-electron chi connectivity index (χ3n) is 8.17. The summed E-state index contributed by atoms with van der Waals surface area (Å²) in [6.45, 7) is 1.55. The zero-order valence-electron chi connectivity index (χ0n) is 22.3. The smallest absolute Gasteiger partial charge is 0.372 e. The van der Waals surface area contributed by atoms with Gasteiger partial charge in [0.05, 0.1) is 24.0 Å². The Morgan fingerprint density at radius 3 is 2.00 bits per heavy atom. The average Bonchev–Trinajstić information content (AvgIpc) is 3.49. The van der Waals surface area contributed by atoms with Crippen LogP contribution in [-0.2, 0) is 23.7 Å². The second-order valence-electron chi connectivity index (χ2n) is 10.7. The SMILES string of the molecule is FC(F)(F)c1cc(CO[C@H]2C3CCN(CC3)[C@H]2C(c2ccccc2)c2ccccc2)cc(-n2nnnc2C(F)(F)F)c1. The molecule has 3 aromatic carbocycles. The molecule has 4 aromatic rings. The zero-order valence-corrected chi connectivity index (χ0v) is 22.3. The summed E-state index contributed by atoms with van der Waals surface area (Å²) in [7, 11) is 0. The summed E-state index contributed by atoms with van der Waals surface area (Å²) >= 11 is 0. The van der Waals surface area contributed by atoms with Gasteiger partial charge in [-0.25, -0.2) is 0 Å². The van der Waals surface area contributed by atoms with E-state index in [1.165, 1.54) is 6.07 Å². The molecule has 0 saturated carbocycles. The molecular weight excluding hydrogens is 560 g/mol. The fraction of sp³-hybridized carbons (Fsp3) is 0.367. The predicted molar refractivity (Wildman–Crippen MR) is 141 cm³/mol. The number of fused-ring (bicyclic) bond motifs is 3. The van der Waals surface area contributed by atoms with Crippen LogP contribution in [0.5, 0.6) is 0 Å². The summed E-state index contributed by atoms with van der Waals surface area (Å²) in [4.78, 5) is 2.39. The van der Waals surface area contributed by atoms with E-state index in [2.05, 4.69) is 44.7 Å². The average molecular weight is 588 g/mol. The van der Waals surface area contributed by atoms with Crippen molar-refractivity contribution in [2.45, 2.75) is 49.9 Å². The van der Waals surface area contributed by atoms with E-state index in [9.17, 15) is 26.3 Å². The Morgan fingerprint density at radius 1 is 0.810 bits per heavy atom. The van der Waals surface area contributed by atoms with Gasteiger partial charge in [-0.15, -0.1) is 5.10 Å². The highest BCUT2D eigenvalue weighted by molar-refractivity contribution is 5.41. The molecule has 0 unspecified atom stereocenters. The van der Waals surface area contributed by atoms with E-state index in [-0.39, 0.29) is 40.8 Å². The Bertz CT molecular complexity index is 1460. The maximum absolute atomic E-state index is 13.9. The van der Waals surface area contributed by atoms with Gasteiger partial charge < -0.3 is 4.74 Å². The van der Waals surface area contributed by atoms with Crippen molar-refractivity contribution >= 4 is 0 Å². The molecule has 6 nitrogen and oxygen atoms in total. The molecule has 2 bridgehead atoms. The first-order valence-corrected chi connectivity index (χ1v) is 13.6. The van der Waals surface area contributed by atoms with Gasteiger partial charge in [0.2, 0.25) is 0 Å². The number of alkyl halides is 6. The quantitative estimate of drug-likeness (QED) is 0.231. The monoisotopic (exact) mass is 587 g/mol. The molecule has 12 heteroatoms. The highest BCUT2D eigenvalue weighted by atomic mass is 19.4. The molecule has 7 rings (SSSR count). The van der Waals surface area contributed by atoms with Crippen LogP contribution >= 0.6 is 0 Å². The Labute approximate surface area is 237 Å². The Morgan fingerprint density at radius 2 is 1.43 bits per heavy atom. The first-order chi connectivity index (χ1) is 20.1. The molecule has 3 aliphatic rings. The molecule has 4 heterocycles. The van der Waals surface area contributed by atoms with Crippen LogP contribution in [0.25, 0.3) is 5.69 Å². The topological polar surface area (TPSA) is 56.1 Å². The van der Waals surface area contributed by atoms with Gasteiger partial charge in [0.25, 0.3) is 5.82 Å². The van der Waals surface area contributed by atoms with Crippen molar-refractivity contribution in [1.82, 2.24) is 25.1 Å². The van der Waals surface area contributed by atoms with E-state index >= 15 is 0 Å². The van der Waals surface area contributed by atoms with Gasteiger partial charge in [-0.2, -0.15) is 31.0 Å². The van der Waals surface area contributed by atoms with Crippen molar-refractivity contribution in [3.05, 3.63) is 107 Å². The number of tetrazole rings is 1. The normalized spacial score (nSPS) is 22.5. The maximum Gasteiger partial charge on any atom is 0.453 e. The first-order valence-electron chi connectivity index (χ1n) is 13.6. The molecule has 42 heavy (non-hydrogen) atoms. The summed E-state index contributed by atoms with van der Waals surface area (Å²) in [5.74, 6) is -1.37. The van der Waals surface area contributed by atoms with Crippen LogP contribution in [0, 0.1) is 5.92 Å². The Balaban J connectivity index is 1.36. The lowest BCUT2D eigenvalue weighted by Crippen LogP contribution is -2.60. The van der Waals surface area contributed by atoms with Gasteiger partial charge in [0.1, 0.15) is 0 Å². The molecule has 220 valence electrons. The minimum Gasteiger partial charge on any atom is -0.372 e. The number of hydrogen-bond acceptors (Lipinski definition) is 5. The number of rotatable bonds is 7. The van der Waals surface area contributed by atoms with Gasteiger partial charge in [0, 0.05) is 12.0 Å². The molecule has 0 spiro atoms. The van der Waals surface area contributed by atoms with Crippen LogP contribution in [0.2, 0.25) is 0 Å². The molecule has 0 N–H and O–H groups in total. The fourth-order valence-electron chi connectivity index (χ4n) is 6.35. The lowest BCUT2D eigenvalue weighted by molar-refractivity contribution is -0.146. The number of ether oxygens (including phenoxy) is 1. The number of aromatic nitrogens is 4. The number of benzene rings is 3. The van der Waals surface area contributed by atoms with Crippen LogP contribution in [-0.4, -0.2) is 50.3 Å². The molecule has 1 aromatic heterocycles. The van der Waals surface area contributed by atoms with E-state index in [4.69, 9.17) is 4.74 Å². The van der Waals surface area contributed by atoms with E-state index < -0.39 is 29.4 Å². The fourth-order valence-corrected chi connectivity index (χ4v) is 6.35. The number of piperidine rings is 3. The minimum absolute atomic E-state index is 0.0480. The van der Waals surface area contributed by atoms with E-state index in [0.29, 0.717) is 6.07 Å². The van der Waals surface area contributed by atoms with Crippen LogP contribution in [0.3, 0.4) is 0 Å².